The van der Waals surface area contributed by atoms with E-state index >= 15 is 0 Å². The summed E-state index contributed by atoms with van der Waals surface area (Å²) in [7, 11) is 0. The van der Waals surface area contributed by atoms with Gasteiger partial charge in [-0.15, -0.1) is 0 Å². The van der Waals surface area contributed by atoms with Crippen molar-refractivity contribution in [1.82, 2.24) is 0 Å². The van der Waals surface area contributed by atoms with Gasteiger partial charge in [0.2, 0.25) is 0 Å². The molecule has 6 heavy (non-hydrogen) atoms. The van der Waals surface area contributed by atoms with E-state index in [4.69, 9.17) is 15.3 Å². The zero-order chi connectivity index (χ0) is 5.58. The first-order chi connectivity index (χ1) is 2.73. The van der Waals surface area contributed by atoms with E-state index in [1.54, 1.807) is 0 Å². The summed E-state index contributed by atoms with van der Waals surface area (Å²) in [5, 5.41) is 14.8. The second kappa shape index (κ2) is 8.82. The molecule has 0 aliphatic heterocycles. The predicted octanol–water partition coefficient (Wildman–Crippen LogP) is -0.832. The molecule has 6 heteroatoms. The van der Waals surface area contributed by atoms with Gasteiger partial charge in [0, 0.05) is 0 Å². The molecule has 0 heterocycles. The Morgan fingerprint density at radius 2 is 1.50 bits per heavy atom. The summed E-state index contributed by atoms with van der Waals surface area (Å²) < 4.78 is 4.06. The molecule has 0 aliphatic rings. The van der Waals surface area contributed by atoms with Gasteiger partial charge in [0.05, 0.1) is 5.09 Å². The van der Waals surface area contributed by atoms with Gasteiger partial charge in [-0.25, -0.2) is 0 Å². The minimum atomic E-state index is -1.75. The Morgan fingerprint density at radius 1 is 1.50 bits per heavy atom. The number of nitrogens with zero attached hydrogens (tertiary/aromatic N) is 1. The summed E-state index contributed by atoms with van der Waals surface area (Å²) in [5.74, 6) is 0. The fraction of sp³-hybridized carbons (Fsp3) is 0. The SMILES string of the molecule is O=[N+]([O-])[O-].[NH2][Cu+]. The second-order valence-electron chi connectivity index (χ2n) is 0.224. The van der Waals surface area contributed by atoms with Gasteiger partial charge in [-0.3, -0.25) is 0 Å². The van der Waals surface area contributed by atoms with E-state index in [0.29, 0.717) is 0 Å². The Hall–Kier alpha value is -0.321. The standard InChI is InChI=1S/Cu.NO3.H2N/c;2-1(3)4;/h;;1H2/q+2;2*-1. The van der Waals surface area contributed by atoms with Crippen LogP contribution in [-0.4, -0.2) is 5.09 Å². The maximum absolute atomic E-state index is 8.25. The molecule has 0 rings (SSSR count). The van der Waals surface area contributed by atoms with Crippen molar-refractivity contribution < 1.29 is 21.3 Å². The third-order valence-electron chi connectivity index (χ3n) is 0. The summed E-state index contributed by atoms with van der Waals surface area (Å²) in [4.78, 5) is 8.25. The maximum atomic E-state index is 8.25. The summed E-state index contributed by atoms with van der Waals surface area (Å²) in [6.45, 7) is 0. The molecule has 5 nitrogen and oxygen atoms in total. The van der Waals surface area contributed by atoms with Crippen LogP contribution in [0.1, 0.15) is 0 Å². The molecule has 0 atom stereocenters. The van der Waals surface area contributed by atoms with Crippen molar-refractivity contribution in [2.24, 2.45) is 4.75 Å². The zero-order valence-electron chi connectivity index (χ0n) is 2.55. The van der Waals surface area contributed by atoms with E-state index in [2.05, 4.69) is 21.0 Å². The number of hydrogen-bond acceptors (Lipinski definition) is 4. The normalized spacial score (nSPS) is 5.17. The summed E-state index contributed by atoms with van der Waals surface area (Å²) in [6.07, 6.45) is 0. The van der Waals surface area contributed by atoms with Gasteiger partial charge in [0.1, 0.15) is 0 Å². The Balaban J connectivity index is 0. The van der Waals surface area contributed by atoms with Crippen molar-refractivity contribution >= 4 is 0 Å². The van der Waals surface area contributed by atoms with Crippen molar-refractivity contribution in [3.05, 3.63) is 15.3 Å². The molecule has 0 aromatic carbocycles. The average molecular weight is 142 g/mol. The molecule has 0 spiro atoms. The number of rotatable bonds is 0. The fourth-order valence-corrected chi connectivity index (χ4v) is 0. The quantitative estimate of drug-likeness (QED) is 0.271. The van der Waals surface area contributed by atoms with Crippen molar-refractivity contribution in [2.75, 3.05) is 0 Å². The van der Waals surface area contributed by atoms with Gasteiger partial charge in [0.25, 0.3) is 0 Å². The van der Waals surface area contributed by atoms with Crippen molar-refractivity contribution in [3.63, 3.8) is 0 Å². The third kappa shape index (κ3) is 257. The fourth-order valence-electron chi connectivity index (χ4n) is 0. The van der Waals surface area contributed by atoms with Gasteiger partial charge in [-0.1, -0.05) is 0 Å². The molecular weight excluding hydrogens is 140 g/mol. The first-order valence-corrected chi connectivity index (χ1v) is 1.27. The summed E-state index contributed by atoms with van der Waals surface area (Å²) in [6, 6.07) is 0. The van der Waals surface area contributed by atoms with Crippen LogP contribution in [0.4, 0.5) is 0 Å². The zero-order valence-corrected chi connectivity index (χ0v) is 3.49. The van der Waals surface area contributed by atoms with E-state index in [0.717, 1.165) is 0 Å². The van der Waals surface area contributed by atoms with Crippen LogP contribution in [-0.2, 0) is 16.2 Å². The molecule has 0 fully saturated rings. The molecule has 0 aromatic rings. The van der Waals surface area contributed by atoms with E-state index in [-0.39, 0.29) is 0 Å². The van der Waals surface area contributed by atoms with Crippen molar-refractivity contribution in [3.8, 4) is 0 Å². The topological polar surface area (TPSA) is 92.2 Å². The Bertz CT molecular complexity index is 31.8. The molecule has 2 N–H and O–H groups in total. The van der Waals surface area contributed by atoms with Gasteiger partial charge >= 0.3 is 21.0 Å². The molecule has 0 amide bonds. The van der Waals surface area contributed by atoms with Gasteiger partial charge in [-0.05, 0) is 0 Å². The third-order valence-corrected chi connectivity index (χ3v) is 0. The van der Waals surface area contributed by atoms with E-state index in [1.165, 1.54) is 0 Å². The van der Waals surface area contributed by atoms with E-state index in [1.807, 2.05) is 0 Å². The molecule has 0 aliphatic carbocycles. The molecule has 0 bridgehead atoms. The second-order valence-corrected chi connectivity index (χ2v) is 0.224. The van der Waals surface area contributed by atoms with E-state index in [9.17, 15) is 0 Å². The summed E-state index contributed by atoms with van der Waals surface area (Å²) in [5.41, 5.74) is 0. The Labute approximate surface area is 42.3 Å². The monoisotopic (exact) mass is 141 g/mol. The van der Waals surface area contributed by atoms with Crippen LogP contribution < -0.4 is 4.75 Å². The molecule has 0 saturated heterocycles. The van der Waals surface area contributed by atoms with Crippen LogP contribution in [0.15, 0.2) is 0 Å². The summed E-state index contributed by atoms with van der Waals surface area (Å²) >= 11 is 3.69. The molecule has 41 valence electrons. The molecule has 0 saturated carbocycles. The van der Waals surface area contributed by atoms with Gasteiger partial charge in [0.15, 0.2) is 0 Å². The van der Waals surface area contributed by atoms with Crippen LogP contribution in [0.25, 0.3) is 0 Å². The van der Waals surface area contributed by atoms with Gasteiger partial charge in [-0.2, -0.15) is 0 Å². The first kappa shape index (κ1) is 9.19. The molecule has 0 radical (unpaired) electrons. The minimum absolute atomic E-state index is 1.75. The van der Waals surface area contributed by atoms with Crippen LogP contribution in [0.2, 0.25) is 0 Å². The predicted molar refractivity (Wildman–Crippen MR) is 14.5 cm³/mol. The number of nitrogens with two attached hydrogens (primary N) is 1. The van der Waals surface area contributed by atoms with Crippen molar-refractivity contribution in [1.29, 1.82) is 0 Å². The Kier molecular flexibility index (Phi) is 13.5. The number of hydrogen-bond donors (Lipinski definition) is 1. The Morgan fingerprint density at radius 3 is 1.50 bits per heavy atom. The molecular formula is H2CuN2O3. The van der Waals surface area contributed by atoms with Crippen LogP contribution in [0, 0.1) is 15.3 Å². The van der Waals surface area contributed by atoms with Crippen LogP contribution >= 0.6 is 0 Å². The molecule has 0 unspecified atom stereocenters. The first-order valence-electron chi connectivity index (χ1n) is 0.722. The van der Waals surface area contributed by atoms with Gasteiger partial charge < -0.3 is 15.3 Å². The van der Waals surface area contributed by atoms with Crippen molar-refractivity contribution in [2.45, 2.75) is 0 Å². The molecule has 0 aromatic heterocycles. The average Bonchev–Trinajstić information content (AvgIpc) is 1.41. The van der Waals surface area contributed by atoms with Crippen LogP contribution in [0.5, 0.6) is 0 Å². The van der Waals surface area contributed by atoms with Crippen LogP contribution in [0.3, 0.4) is 0 Å². The van der Waals surface area contributed by atoms with E-state index < -0.39 is 5.09 Å².